The van der Waals surface area contributed by atoms with Gasteiger partial charge >= 0.3 is 5.97 Å². The molecule has 3 N–H and O–H groups in total. The van der Waals surface area contributed by atoms with E-state index >= 15 is 0 Å². The number of amides is 1. The van der Waals surface area contributed by atoms with Crippen molar-refractivity contribution < 1.29 is 14.7 Å². The van der Waals surface area contributed by atoms with Crippen LogP contribution in [0.4, 0.5) is 0 Å². The van der Waals surface area contributed by atoms with Crippen molar-refractivity contribution in [3.05, 3.63) is 0 Å². The number of aliphatic carboxylic acids is 1. The average molecular weight is 231 g/mol. The summed E-state index contributed by atoms with van der Waals surface area (Å²) in [4.78, 5) is 23.6. The van der Waals surface area contributed by atoms with E-state index in [-0.39, 0.29) is 12.5 Å². The Kier molecular flexibility index (Phi) is 7.49. The maximum atomic E-state index is 10.8. The summed E-state index contributed by atoms with van der Waals surface area (Å²) in [6.07, 6.45) is 0. The fourth-order valence-electron chi connectivity index (χ4n) is 1.12. The summed E-state index contributed by atoms with van der Waals surface area (Å²) < 4.78 is 0. The van der Waals surface area contributed by atoms with Gasteiger partial charge in [-0.05, 0) is 13.6 Å². The normalized spacial score (nSPS) is 12.5. The maximum absolute atomic E-state index is 10.8. The molecule has 1 amide bonds. The highest BCUT2D eigenvalue weighted by Gasteiger charge is 2.17. The third kappa shape index (κ3) is 7.19. The van der Waals surface area contributed by atoms with Crippen molar-refractivity contribution in [1.82, 2.24) is 15.5 Å². The fourth-order valence-corrected chi connectivity index (χ4v) is 1.12. The van der Waals surface area contributed by atoms with Gasteiger partial charge in [0.15, 0.2) is 0 Å². The molecule has 1 unspecified atom stereocenters. The topological polar surface area (TPSA) is 81.7 Å². The number of rotatable bonds is 8. The minimum atomic E-state index is -1.02. The Hall–Kier alpha value is -1.14. The Morgan fingerprint density at radius 1 is 1.44 bits per heavy atom. The second-order valence-corrected chi connectivity index (χ2v) is 3.69. The molecule has 0 spiro atoms. The Labute approximate surface area is 96.0 Å². The zero-order valence-corrected chi connectivity index (χ0v) is 10.1. The minimum Gasteiger partial charge on any atom is -0.480 e. The van der Waals surface area contributed by atoms with Gasteiger partial charge in [-0.2, -0.15) is 0 Å². The van der Waals surface area contributed by atoms with Crippen LogP contribution in [0, 0.1) is 0 Å². The standard InChI is InChI=1S/C10H21N3O3/c1-4-13(3)6-5-11-7-9(10(15)16)12-8(2)14/h9,11H,4-7H2,1-3H3,(H,12,14)(H,15,16). The highest BCUT2D eigenvalue weighted by atomic mass is 16.4. The van der Waals surface area contributed by atoms with Crippen LogP contribution < -0.4 is 10.6 Å². The Morgan fingerprint density at radius 3 is 2.50 bits per heavy atom. The number of carboxylic acid groups (broad SMARTS) is 1. The van der Waals surface area contributed by atoms with E-state index in [1.165, 1.54) is 6.92 Å². The van der Waals surface area contributed by atoms with Crippen LogP contribution in [0.25, 0.3) is 0 Å². The lowest BCUT2D eigenvalue weighted by molar-refractivity contribution is -0.141. The third-order valence-electron chi connectivity index (χ3n) is 2.23. The maximum Gasteiger partial charge on any atom is 0.327 e. The molecule has 6 heteroatoms. The molecule has 0 aromatic carbocycles. The number of likely N-dealkylation sites (N-methyl/N-ethyl adjacent to an activating group) is 1. The molecule has 0 saturated heterocycles. The van der Waals surface area contributed by atoms with Crippen molar-refractivity contribution in [2.24, 2.45) is 0 Å². The van der Waals surface area contributed by atoms with E-state index in [1.54, 1.807) is 0 Å². The van der Waals surface area contributed by atoms with E-state index in [0.717, 1.165) is 13.1 Å². The SMILES string of the molecule is CCN(C)CCNCC(NC(C)=O)C(=O)O. The number of nitrogens with zero attached hydrogens (tertiary/aromatic N) is 1. The molecule has 0 heterocycles. The highest BCUT2D eigenvalue weighted by molar-refractivity contribution is 5.82. The predicted molar refractivity (Wildman–Crippen MR) is 61.3 cm³/mol. The molecule has 0 rings (SSSR count). The summed E-state index contributed by atoms with van der Waals surface area (Å²) >= 11 is 0. The van der Waals surface area contributed by atoms with Gasteiger partial charge in [-0.25, -0.2) is 4.79 Å². The van der Waals surface area contributed by atoms with E-state index in [0.29, 0.717) is 6.54 Å². The predicted octanol–water partition coefficient (Wildman–Crippen LogP) is -0.883. The zero-order chi connectivity index (χ0) is 12.6. The molecular formula is C10H21N3O3. The van der Waals surface area contributed by atoms with Gasteiger partial charge in [-0.15, -0.1) is 0 Å². The molecular weight excluding hydrogens is 210 g/mol. The largest absolute Gasteiger partial charge is 0.480 e. The van der Waals surface area contributed by atoms with Crippen molar-refractivity contribution in [3.63, 3.8) is 0 Å². The molecule has 0 bridgehead atoms. The van der Waals surface area contributed by atoms with Crippen LogP contribution in [-0.2, 0) is 9.59 Å². The van der Waals surface area contributed by atoms with E-state index in [4.69, 9.17) is 5.11 Å². The molecule has 0 aromatic rings. The molecule has 0 aliphatic rings. The van der Waals surface area contributed by atoms with Gasteiger partial charge in [0.2, 0.25) is 5.91 Å². The quantitative estimate of drug-likeness (QED) is 0.472. The molecule has 0 aliphatic heterocycles. The lowest BCUT2D eigenvalue weighted by atomic mass is 10.3. The van der Waals surface area contributed by atoms with E-state index in [1.807, 2.05) is 7.05 Å². The van der Waals surface area contributed by atoms with Gasteiger partial charge in [0, 0.05) is 26.6 Å². The molecule has 0 radical (unpaired) electrons. The Bertz CT molecular complexity index is 233. The van der Waals surface area contributed by atoms with Crippen LogP contribution >= 0.6 is 0 Å². The van der Waals surface area contributed by atoms with Crippen LogP contribution in [0.1, 0.15) is 13.8 Å². The Morgan fingerprint density at radius 2 is 2.06 bits per heavy atom. The minimum absolute atomic E-state index is 0.243. The summed E-state index contributed by atoms with van der Waals surface area (Å²) in [5, 5.41) is 14.2. The van der Waals surface area contributed by atoms with Crippen molar-refractivity contribution in [3.8, 4) is 0 Å². The fraction of sp³-hybridized carbons (Fsp3) is 0.800. The van der Waals surface area contributed by atoms with Gasteiger partial charge in [0.05, 0.1) is 0 Å². The van der Waals surface area contributed by atoms with Gasteiger partial charge in [-0.1, -0.05) is 6.92 Å². The number of carbonyl (C=O) groups is 2. The first-order chi connectivity index (χ1) is 7.47. The molecule has 0 fully saturated rings. The van der Waals surface area contributed by atoms with Gasteiger partial charge in [0.25, 0.3) is 0 Å². The molecule has 1 atom stereocenters. The molecule has 16 heavy (non-hydrogen) atoms. The number of hydrogen-bond acceptors (Lipinski definition) is 4. The van der Waals surface area contributed by atoms with Crippen LogP contribution in [0.15, 0.2) is 0 Å². The number of carboxylic acids is 1. The number of nitrogens with one attached hydrogen (secondary N) is 2. The number of hydrogen-bond donors (Lipinski definition) is 3. The second kappa shape index (κ2) is 8.06. The van der Waals surface area contributed by atoms with Crippen molar-refractivity contribution in [2.75, 3.05) is 33.2 Å². The van der Waals surface area contributed by atoms with Crippen LogP contribution in [-0.4, -0.2) is 61.2 Å². The second-order valence-electron chi connectivity index (χ2n) is 3.69. The first-order valence-corrected chi connectivity index (χ1v) is 5.36. The molecule has 0 aromatic heterocycles. The van der Waals surface area contributed by atoms with Gasteiger partial charge in [-0.3, -0.25) is 4.79 Å². The first kappa shape index (κ1) is 14.9. The van der Waals surface area contributed by atoms with Crippen LogP contribution in [0.3, 0.4) is 0 Å². The molecule has 6 nitrogen and oxygen atoms in total. The third-order valence-corrected chi connectivity index (χ3v) is 2.23. The monoisotopic (exact) mass is 231 g/mol. The van der Waals surface area contributed by atoms with Crippen molar-refractivity contribution >= 4 is 11.9 Å². The van der Waals surface area contributed by atoms with Crippen molar-refractivity contribution in [2.45, 2.75) is 19.9 Å². The van der Waals surface area contributed by atoms with Gasteiger partial charge < -0.3 is 20.6 Å². The molecule has 94 valence electrons. The van der Waals surface area contributed by atoms with Crippen LogP contribution in [0.5, 0.6) is 0 Å². The average Bonchev–Trinajstić information content (AvgIpc) is 2.21. The summed E-state index contributed by atoms with van der Waals surface area (Å²) in [6, 6.07) is -0.857. The summed E-state index contributed by atoms with van der Waals surface area (Å²) in [7, 11) is 1.99. The lowest BCUT2D eigenvalue weighted by Crippen LogP contribution is -2.47. The highest BCUT2D eigenvalue weighted by Crippen LogP contribution is 1.83. The summed E-state index contributed by atoms with van der Waals surface area (Å²) in [5.74, 6) is -1.36. The van der Waals surface area contributed by atoms with Gasteiger partial charge in [0.1, 0.15) is 6.04 Å². The smallest absolute Gasteiger partial charge is 0.327 e. The van der Waals surface area contributed by atoms with Crippen LogP contribution in [0.2, 0.25) is 0 Å². The first-order valence-electron chi connectivity index (χ1n) is 5.36. The van der Waals surface area contributed by atoms with E-state index in [2.05, 4.69) is 22.5 Å². The lowest BCUT2D eigenvalue weighted by Gasteiger charge is -2.17. The summed E-state index contributed by atoms with van der Waals surface area (Å²) in [6.45, 7) is 6.11. The number of carbonyl (C=O) groups excluding carboxylic acids is 1. The molecule has 0 aliphatic carbocycles. The van der Waals surface area contributed by atoms with Crippen molar-refractivity contribution in [1.29, 1.82) is 0 Å². The Balaban J connectivity index is 3.77. The van der Waals surface area contributed by atoms with E-state index in [9.17, 15) is 9.59 Å². The summed E-state index contributed by atoms with van der Waals surface area (Å²) in [5.41, 5.74) is 0. The van der Waals surface area contributed by atoms with E-state index < -0.39 is 12.0 Å². The molecule has 0 saturated carbocycles. The zero-order valence-electron chi connectivity index (χ0n) is 10.1.